The third-order valence-electron chi connectivity index (χ3n) is 1.84. The minimum absolute atomic E-state index is 0.0333. The quantitative estimate of drug-likeness (QED) is 0.599. The van der Waals surface area contributed by atoms with Gasteiger partial charge in [0.25, 0.3) is 0 Å². The summed E-state index contributed by atoms with van der Waals surface area (Å²) >= 11 is 0. The summed E-state index contributed by atoms with van der Waals surface area (Å²) in [6.07, 6.45) is 7.92. The van der Waals surface area contributed by atoms with Crippen LogP contribution in [0, 0.1) is 0 Å². The number of rotatable bonds is 0. The van der Waals surface area contributed by atoms with Crippen molar-refractivity contribution in [1.82, 2.24) is 0 Å². The average Bonchev–Trinajstić information content (AvgIpc) is 2.28. The molecule has 1 aromatic rings. The van der Waals surface area contributed by atoms with Crippen LogP contribution in [-0.2, 0) is 0 Å². The molecule has 0 atom stereocenters. The van der Waals surface area contributed by atoms with Gasteiger partial charge in [-0.3, -0.25) is 0 Å². The Labute approximate surface area is 73.9 Å². The van der Waals surface area contributed by atoms with Gasteiger partial charge < -0.3 is 9.52 Å². The van der Waals surface area contributed by atoms with Crippen LogP contribution in [0.1, 0.15) is 6.42 Å². The Kier molecular flexibility index (Phi) is 1.77. The molecule has 1 aromatic heterocycles. The Hall–Kier alpha value is -1.77. The van der Waals surface area contributed by atoms with E-state index >= 15 is 0 Å². The van der Waals surface area contributed by atoms with Crippen molar-refractivity contribution in [3.8, 4) is 5.75 Å². The van der Waals surface area contributed by atoms with Crippen molar-refractivity contribution in [3.63, 3.8) is 0 Å². The second kappa shape index (κ2) is 2.94. The van der Waals surface area contributed by atoms with Gasteiger partial charge in [-0.15, -0.1) is 0 Å². The summed E-state index contributed by atoms with van der Waals surface area (Å²) in [7, 11) is 0. The minimum Gasteiger partial charge on any atom is -0.507 e. The first kappa shape index (κ1) is 7.86. The zero-order valence-corrected chi connectivity index (χ0v) is 6.86. The molecule has 0 spiro atoms. The van der Waals surface area contributed by atoms with E-state index in [0.717, 1.165) is 6.07 Å². The van der Waals surface area contributed by atoms with E-state index in [0.29, 0.717) is 17.1 Å². The molecule has 1 N–H and O–H groups in total. The molecule has 0 saturated carbocycles. The molecule has 3 heteroatoms. The van der Waals surface area contributed by atoms with Crippen molar-refractivity contribution in [1.29, 1.82) is 0 Å². The molecular formula is C10H8O3. The Morgan fingerprint density at radius 3 is 3.15 bits per heavy atom. The van der Waals surface area contributed by atoms with E-state index in [-0.39, 0.29) is 5.75 Å². The largest absolute Gasteiger partial charge is 0.507 e. The zero-order valence-electron chi connectivity index (χ0n) is 6.86. The topological polar surface area (TPSA) is 50.4 Å². The molecule has 2 rings (SSSR count). The highest BCUT2D eigenvalue weighted by Gasteiger charge is 1.99. The van der Waals surface area contributed by atoms with E-state index in [1.165, 1.54) is 0 Å². The van der Waals surface area contributed by atoms with Crippen molar-refractivity contribution in [2.24, 2.45) is 0 Å². The number of allylic oxidation sites excluding steroid dienone is 2. The number of hydrogen-bond donors (Lipinski definition) is 1. The number of fused-ring (bicyclic) bond motifs is 1. The molecule has 0 radical (unpaired) electrons. The van der Waals surface area contributed by atoms with Crippen molar-refractivity contribution in [2.45, 2.75) is 6.42 Å². The molecule has 0 unspecified atom stereocenters. The molecule has 1 aliphatic carbocycles. The normalized spacial score (nSPS) is 13.8. The molecule has 13 heavy (non-hydrogen) atoms. The molecular weight excluding hydrogens is 168 g/mol. The smallest absolute Gasteiger partial charge is 0.339 e. The maximum Gasteiger partial charge on any atom is 0.339 e. The van der Waals surface area contributed by atoms with Crippen LogP contribution in [0.3, 0.4) is 0 Å². The van der Waals surface area contributed by atoms with Crippen LogP contribution in [0.15, 0.2) is 27.4 Å². The van der Waals surface area contributed by atoms with Crippen LogP contribution in [0.2, 0.25) is 0 Å². The van der Waals surface area contributed by atoms with Gasteiger partial charge in [0.1, 0.15) is 11.2 Å². The fourth-order valence-electron chi connectivity index (χ4n) is 1.25. The highest BCUT2D eigenvalue weighted by atomic mass is 16.4. The van der Waals surface area contributed by atoms with Gasteiger partial charge in [0.05, 0.1) is 11.3 Å². The van der Waals surface area contributed by atoms with Gasteiger partial charge in [-0.2, -0.15) is 0 Å². The minimum atomic E-state index is -0.525. The van der Waals surface area contributed by atoms with E-state index in [1.807, 2.05) is 12.2 Å². The molecule has 0 aromatic carbocycles. The summed E-state index contributed by atoms with van der Waals surface area (Å²) in [5, 5.41) is 9.98. The molecule has 3 nitrogen and oxygen atoms in total. The fraction of sp³-hybridized carbons (Fsp3) is 0.100. The lowest BCUT2D eigenvalue weighted by Crippen LogP contribution is -2.28. The Bertz CT molecular complexity index is 520. The summed E-state index contributed by atoms with van der Waals surface area (Å²) in [5.41, 5.74) is -0.0854. The third kappa shape index (κ3) is 1.40. The van der Waals surface area contributed by atoms with Gasteiger partial charge >= 0.3 is 5.63 Å². The van der Waals surface area contributed by atoms with Gasteiger partial charge in [-0.05, 0) is 18.6 Å². The van der Waals surface area contributed by atoms with Gasteiger partial charge in [-0.1, -0.05) is 12.2 Å². The summed E-state index contributed by atoms with van der Waals surface area (Å²) in [4.78, 5) is 10.9. The fourth-order valence-corrected chi connectivity index (χ4v) is 1.25. The van der Waals surface area contributed by atoms with Crippen molar-refractivity contribution < 1.29 is 9.52 Å². The lowest BCUT2D eigenvalue weighted by molar-refractivity contribution is 0.425. The molecule has 0 saturated heterocycles. The maximum absolute atomic E-state index is 10.9. The van der Waals surface area contributed by atoms with Crippen molar-refractivity contribution >= 4 is 12.2 Å². The lowest BCUT2D eigenvalue weighted by Gasteiger charge is -1.91. The standard InChI is InChI=1S/C10H8O3/c11-8-6-10(12)13-9-5-3-1-2-4-7(8)9/h1-2,4-6,11H,3H2. The van der Waals surface area contributed by atoms with Crippen LogP contribution in [-0.4, -0.2) is 5.11 Å². The van der Waals surface area contributed by atoms with Crippen LogP contribution < -0.4 is 16.3 Å². The SMILES string of the molecule is O=c1cc(O)c2c(o1)=CCC=CC=2. The van der Waals surface area contributed by atoms with Gasteiger partial charge in [0.2, 0.25) is 0 Å². The Morgan fingerprint density at radius 1 is 1.46 bits per heavy atom. The van der Waals surface area contributed by atoms with E-state index in [9.17, 15) is 9.90 Å². The first-order valence-electron chi connectivity index (χ1n) is 3.97. The maximum atomic E-state index is 10.9. The molecule has 0 bridgehead atoms. The molecule has 1 aliphatic rings. The van der Waals surface area contributed by atoms with Crippen LogP contribution in [0.25, 0.3) is 12.2 Å². The van der Waals surface area contributed by atoms with E-state index in [4.69, 9.17) is 4.42 Å². The van der Waals surface area contributed by atoms with Gasteiger partial charge in [-0.25, -0.2) is 4.79 Å². The molecule has 0 amide bonds. The van der Waals surface area contributed by atoms with Crippen LogP contribution >= 0.6 is 0 Å². The molecule has 1 heterocycles. The zero-order chi connectivity index (χ0) is 9.26. The summed E-state index contributed by atoms with van der Waals surface area (Å²) in [6.45, 7) is 0. The summed E-state index contributed by atoms with van der Waals surface area (Å²) < 4.78 is 4.92. The monoisotopic (exact) mass is 176 g/mol. The lowest BCUT2D eigenvalue weighted by atomic mass is 10.3. The van der Waals surface area contributed by atoms with Crippen molar-refractivity contribution in [3.05, 3.63) is 39.3 Å². The summed E-state index contributed by atoms with van der Waals surface area (Å²) in [5.74, 6) is -0.0333. The van der Waals surface area contributed by atoms with Crippen LogP contribution in [0.5, 0.6) is 5.75 Å². The third-order valence-corrected chi connectivity index (χ3v) is 1.84. The van der Waals surface area contributed by atoms with Gasteiger partial charge in [0, 0.05) is 0 Å². The Morgan fingerprint density at radius 2 is 2.31 bits per heavy atom. The number of hydrogen-bond acceptors (Lipinski definition) is 3. The van der Waals surface area contributed by atoms with E-state index in [1.54, 1.807) is 12.2 Å². The predicted molar refractivity (Wildman–Crippen MR) is 48.6 cm³/mol. The first-order valence-corrected chi connectivity index (χ1v) is 3.97. The van der Waals surface area contributed by atoms with E-state index < -0.39 is 5.63 Å². The highest BCUT2D eigenvalue weighted by Crippen LogP contribution is 1.94. The Balaban J connectivity index is 2.94. The number of aromatic hydroxyl groups is 1. The second-order valence-electron chi connectivity index (χ2n) is 2.76. The molecule has 0 fully saturated rings. The highest BCUT2D eigenvalue weighted by molar-refractivity contribution is 5.45. The van der Waals surface area contributed by atoms with E-state index in [2.05, 4.69) is 0 Å². The first-order chi connectivity index (χ1) is 6.27. The van der Waals surface area contributed by atoms with Crippen molar-refractivity contribution in [2.75, 3.05) is 0 Å². The van der Waals surface area contributed by atoms with Gasteiger partial charge in [0.15, 0.2) is 0 Å². The van der Waals surface area contributed by atoms with Crippen LogP contribution in [0.4, 0.5) is 0 Å². The summed E-state index contributed by atoms with van der Waals surface area (Å²) in [6, 6.07) is 1.07. The average molecular weight is 176 g/mol. The predicted octanol–water partition coefficient (Wildman–Crippen LogP) is -0.134. The molecule has 66 valence electrons. The molecule has 0 aliphatic heterocycles. The second-order valence-corrected chi connectivity index (χ2v) is 2.76.